The zero-order valence-corrected chi connectivity index (χ0v) is 9.81. The van der Waals surface area contributed by atoms with Gasteiger partial charge in [-0.2, -0.15) is 9.49 Å². The first-order chi connectivity index (χ1) is 8.99. The van der Waals surface area contributed by atoms with Gasteiger partial charge in [0.1, 0.15) is 0 Å². The van der Waals surface area contributed by atoms with Crippen LogP contribution in [-0.4, -0.2) is 21.0 Å². The average molecular weight is 264 g/mol. The van der Waals surface area contributed by atoms with Gasteiger partial charge in [0.25, 0.3) is 5.91 Å². The van der Waals surface area contributed by atoms with Crippen molar-refractivity contribution in [1.82, 2.24) is 10.2 Å². The molecule has 2 N–H and O–H groups in total. The number of hydrogen-bond acceptors (Lipinski definition) is 4. The number of carbonyl (C=O) groups is 1. The first kappa shape index (κ1) is 12.7. The Labute approximate surface area is 106 Å². The molecule has 7 nitrogen and oxygen atoms in total. The van der Waals surface area contributed by atoms with Gasteiger partial charge in [-0.1, -0.05) is 0 Å². The molecule has 0 saturated heterocycles. The van der Waals surface area contributed by atoms with Crippen molar-refractivity contribution in [2.75, 3.05) is 5.32 Å². The summed E-state index contributed by atoms with van der Waals surface area (Å²) < 4.78 is 13.4. The van der Waals surface area contributed by atoms with Crippen molar-refractivity contribution in [3.05, 3.63) is 51.6 Å². The van der Waals surface area contributed by atoms with E-state index in [1.54, 1.807) is 6.92 Å². The van der Waals surface area contributed by atoms with Crippen molar-refractivity contribution in [2.45, 2.75) is 6.92 Å². The summed E-state index contributed by atoms with van der Waals surface area (Å²) in [6, 6.07) is 3.15. The number of aromatic amines is 1. The smallest absolute Gasteiger partial charge is 0.304 e. The number of carbonyl (C=O) groups excluding carboxylic acids is 1. The van der Waals surface area contributed by atoms with E-state index in [-0.39, 0.29) is 5.69 Å². The van der Waals surface area contributed by atoms with E-state index in [1.807, 2.05) is 0 Å². The van der Waals surface area contributed by atoms with Crippen molar-refractivity contribution in [3.8, 4) is 0 Å². The number of hydrogen-bond donors (Lipinski definition) is 2. The summed E-state index contributed by atoms with van der Waals surface area (Å²) in [5.41, 5.74) is 0.379. The summed E-state index contributed by atoms with van der Waals surface area (Å²) in [7, 11) is 0. The molecule has 1 heterocycles. The minimum Gasteiger partial charge on any atom is -0.322 e. The van der Waals surface area contributed by atoms with Crippen LogP contribution in [0.15, 0.2) is 24.4 Å². The largest absolute Gasteiger partial charge is 0.322 e. The molecule has 0 atom stereocenters. The first-order valence-electron chi connectivity index (χ1n) is 5.24. The van der Waals surface area contributed by atoms with E-state index >= 15 is 0 Å². The lowest BCUT2D eigenvalue weighted by Crippen LogP contribution is -2.12. The van der Waals surface area contributed by atoms with E-state index in [9.17, 15) is 19.3 Å². The third-order valence-corrected chi connectivity index (χ3v) is 2.48. The first-order valence-corrected chi connectivity index (χ1v) is 5.24. The Hall–Kier alpha value is -2.77. The molecule has 0 bridgehead atoms. The van der Waals surface area contributed by atoms with Crippen LogP contribution in [0.25, 0.3) is 0 Å². The Morgan fingerprint density at radius 1 is 1.53 bits per heavy atom. The van der Waals surface area contributed by atoms with Crippen LogP contribution in [0.5, 0.6) is 0 Å². The predicted octanol–water partition coefficient (Wildman–Crippen LogP) is 2.02. The topological polar surface area (TPSA) is 101 Å². The van der Waals surface area contributed by atoms with Gasteiger partial charge < -0.3 is 5.32 Å². The van der Waals surface area contributed by atoms with Crippen LogP contribution in [0.1, 0.15) is 16.1 Å². The summed E-state index contributed by atoms with van der Waals surface area (Å²) in [5, 5.41) is 19.2. The second-order valence-corrected chi connectivity index (χ2v) is 3.79. The lowest BCUT2D eigenvalue weighted by molar-refractivity contribution is -0.387. The van der Waals surface area contributed by atoms with Gasteiger partial charge in [0, 0.05) is 23.5 Å². The number of nitrogens with zero attached hydrogens (tertiary/aromatic N) is 2. The van der Waals surface area contributed by atoms with Gasteiger partial charge >= 0.3 is 5.69 Å². The quantitative estimate of drug-likeness (QED) is 0.654. The molecule has 0 radical (unpaired) electrons. The van der Waals surface area contributed by atoms with Gasteiger partial charge in [0.05, 0.1) is 16.7 Å². The molecule has 19 heavy (non-hydrogen) atoms. The molecule has 1 aromatic heterocycles. The van der Waals surface area contributed by atoms with Crippen LogP contribution >= 0.6 is 0 Å². The Morgan fingerprint density at radius 3 is 2.79 bits per heavy atom. The highest BCUT2D eigenvalue weighted by Crippen LogP contribution is 2.21. The number of benzene rings is 1. The number of amides is 1. The third kappa shape index (κ3) is 2.57. The molecule has 1 amide bonds. The highest BCUT2D eigenvalue weighted by molar-refractivity contribution is 6.04. The number of rotatable bonds is 3. The fourth-order valence-electron chi connectivity index (χ4n) is 1.51. The number of aromatic nitrogens is 2. The number of anilines is 1. The molecule has 1 aromatic carbocycles. The summed E-state index contributed by atoms with van der Waals surface area (Å²) in [6.07, 6.45) is 1.34. The second kappa shape index (κ2) is 4.84. The molecule has 8 heteroatoms. The zero-order chi connectivity index (χ0) is 14.0. The van der Waals surface area contributed by atoms with E-state index in [4.69, 9.17) is 0 Å². The highest BCUT2D eigenvalue weighted by atomic mass is 19.1. The number of nitro groups is 1. The normalized spacial score (nSPS) is 10.2. The van der Waals surface area contributed by atoms with Crippen molar-refractivity contribution in [3.63, 3.8) is 0 Å². The molecule has 0 aliphatic rings. The lowest BCUT2D eigenvalue weighted by Gasteiger charge is -2.04. The molecule has 2 rings (SSSR count). The second-order valence-electron chi connectivity index (χ2n) is 3.79. The Kier molecular flexibility index (Phi) is 3.23. The average Bonchev–Trinajstić information content (AvgIpc) is 2.75. The maximum atomic E-state index is 13.4. The zero-order valence-electron chi connectivity index (χ0n) is 9.81. The van der Waals surface area contributed by atoms with Crippen molar-refractivity contribution >= 4 is 17.3 Å². The minimum atomic E-state index is -1.01. The van der Waals surface area contributed by atoms with E-state index in [0.29, 0.717) is 11.3 Å². The predicted molar refractivity (Wildman–Crippen MR) is 64.3 cm³/mol. The maximum absolute atomic E-state index is 13.4. The summed E-state index contributed by atoms with van der Waals surface area (Å²) in [5.74, 6) is -1.48. The lowest BCUT2D eigenvalue weighted by atomic mass is 10.2. The van der Waals surface area contributed by atoms with Gasteiger partial charge in [-0.3, -0.25) is 20.0 Å². The summed E-state index contributed by atoms with van der Waals surface area (Å²) in [6.45, 7) is 1.67. The number of H-pyrrole nitrogens is 1. The fourth-order valence-corrected chi connectivity index (χ4v) is 1.51. The van der Waals surface area contributed by atoms with Crippen molar-refractivity contribution in [2.24, 2.45) is 0 Å². The van der Waals surface area contributed by atoms with E-state index in [1.165, 1.54) is 12.3 Å². The molecule has 98 valence electrons. The molecule has 0 saturated carbocycles. The van der Waals surface area contributed by atoms with Gasteiger partial charge in [-0.05, 0) is 13.0 Å². The van der Waals surface area contributed by atoms with Crippen molar-refractivity contribution < 1.29 is 14.1 Å². The SMILES string of the molecule is Cc1[nH]ncc1C(=O)Nc1ccc([N+](=O)[O-])c(F)c1. The van der Waals surface area contributed by atoms with Crippen LogP contribution in [0.2, 0.25) is 0 Å². The van der Waals surface area contributed by atoms with Crippen LogP contribution < -0.4 is 5.32 Å². The maximum Gasteiger partial charge on any atom is 0.304 e. The molecule has 0 spiro atoms. The van der Waals surface area contributed by atoms with Gasteiger partial charge in [0.2, 0.25) is 5.82 Å². The Morgan fingerprint density at radius 2 is 2.26 bits per heavy atom. The van der Waals surface area contributed by atoms with E-state index in [2.05, 4.69) is 15.5 Å². The van der Waals surface area contributed by atoms with Gasteiger partial charge in [0.15, 0.2) is 0 Å². The van der Waals surface area contributed by atoms with Crippen molar-refractivity contribution in [1.29, 1.82) is 0 Å². The Balaban J connectivity index is 2.21. The third-order valence-electron chi connectivity index (χ3n) is 2.48. The van der Waals surface area contributed by atoms with Crippen LogP contribution in [0.4, 0.5) is 15.8 Å². The molecular formula is C11H9FN4O3. The van der Waals surface area contributed by atoms with Gasteiger partial charge in [-0.25, -0.2) is 0 Å². The molecule has 2 aromatic rings. The Bertz CT molecular complexity index is 653. The number of aryl methyl sites for hydroxylation is 1. The van der Waals surface area contributed by atoms with Crippen LogP contribution in [0.3, 0.4) is 0 Å². The summed E-state index contributed by atoms with van der Waals surface area (Å²) >= 11 is 0. The number of nitrogens with one attached hydrogen (secondary N) is 2. The van der Waals surface area contributed by atoms with Gasteiger partial charge in [-0.15, -0.1) is 0 Å². The molecule has 0 unspecified atom stereocenters. The number of halogens is 1. The standard InChI is InChI=1S/C11H9FN4O3/c1-6-8(5-13-15-6)11(17)14-7-2-3-10(16(18)19)9(12)4-7/h2-5H,1H3,(H,13,15)(H,14,17). The summed E-state index contributed by atoms with van der Waals surface area (Å²) in [4.78, 5) is 21.4. The molecule has 0 aliphatic heterocycles. The minimum absolute atomic E-state index is 0.133. The molecular weight excluding hydrogens is 255 g/mol. The molecule has 0 fully saturated rings. The monoisotopic (exact) mass is 264 g/mol. The van der Waals surface area contributed by atoms with Crippen LogP contribution in [0, 0.1) is 22.9 Å². The fraction of sp³-hybridized carbons (Fsp3) is 0.0909. The number of nitro benzene ring substituents is 1. The highest BCUT2D eigenvalue weighted by Gasteiger charge is 2.16. The van der Waals surface area contributed by atoms with Crippen LogP contribution in [-0.2, 0) is 0 Å². The van der Waals surface area contributed by atoms with E-state index < -0.39 is 22.3 Å². The van der Waals surface area contributed by atoms with E-state index in [0.717, 1.165) is 12.1 Å². The molecule has 0 aliphatic carbocycles.